The monoisotopic (exact) mass is 618 g/mol. The summed E-state index contributed by atoms with van der Waals surface area (Å²) in [7, 11) is 1.62. The molecule has 5 rings (SSSR count). The van der Waals surface area contributed by atoms with E-state index in [1.165, 1.54) is 0 Å². The van der Waals surface area contributed by atoms with Crippen LogP contribution in [0.5, 0.6) is 5.75 Å². The Labute approximate surface area is 261 Å². The maximum absolute atomic E-state index is 13.8. The molecule has 8 nitrogen and oxygen atoms in total. The van der Waals surface area contributed by atoms with Gasteiger partial charge in [-0.3, -0.25) is 4.79 Å². The van der Waals surface area contributed by atoms with Crippen LogP contribution in [-0.2, 0) is 6.54 Å². The number of fused-ring (bicyclic) bond motifs is 1. The average Bonchev–Trinajstić information content (AvgIpc) is 3.40. The molecule has 222 valence electrons. The number of carbonyl (C=O) groups excluding carboxylic acids is 2. The predicted octanol–water partition coefficient (Wildman–Crippen LogP) is 5.85. The van der Waals surface area contributed by atoms with Crippen molar-refractivity contribution in [2.75, 3.05) is 26.7 Å². The SMILES string of the molecule is CCNC(=O)N1C/C(=C\c2ccc(OC)cc2)c2c(c(C(=O)NC[C@H](C)c3ccccc3)nn2-c2ccc(Cl)cc2[ClH+])C1. The summed E-state index contributed by atoms with van der Waals surface area (Å²) in [5.74, 6) is 0.510. The van der Waals surface area contributed by atoms with Crippen molar-refractivity contribution in [1.29, 1.82) is 0 Å². The highest BCUT2D eigenvalue weighted by atomic mass is 35.5. The molecule has 0 saturated carbocycles. The Morgan fingerprint density at radius 3 is 2.49 bits per heavy atom. The Morgan fingerprint density at radius 1 is 1.07 bits per heavy atom. The van der Waals surface area contributed by atoms with Crippen molar-refractivity contribution in [2.24, 2.45) is 0 Å². The highest BCUT2D eigenvalue weighted by Crippen LogP contribution is 2.35. The molecule has 2 N–H and O–H groups in total. The fraction of sp³-hybridized carbons (Fsp3) is 0.242. The van der Waals surface area contributed by atoms with E-state index in [0.717, 1.165) is 28.1 Å². The molecule has 0 spiro atoms. The molecule has 4 aromatic rings. The summed E-state index contributed by atoms with van der Waals surface area (Å²) < 4.78 is 7.04. The topological polar surface area (TPSA) is 88.5 Å². The van der Waals surface area contributed by atoms with Crippen LogP contribution in [0.4, 0.5) is 4.79 Å². The van der Waals surface area contributed by atoms with Crippen LogP contribution in [0.3, 0.4) is 0 Å². The number of hydrogen-bond donors (Lipinski definition) is 2. The van der Waals surface area contributed by atoms with Crippen LogP contribution in [0.2, 0.25) is 10.0 Å². The quantitative estimate of drug-likeness (QED) is 0.259. The van der Waals surface area contributed by atoms with Gasteiger partial charge in [-0.2, -0.15) is 5.10 Å². The minimum absolute atomic E-state index is 0.0935. The van der Waals surface area contributed by atoms with Crippen molar-refractivity contribution < 1.29 is 25.9 Å². The molecule has 1 aliphatic rings. The van der Waals surface area contributed by atoms with Crippen molar-refractivity contribution in [3.63, 3.8) is 0 Å². The predicted molar refractivity (Wildman–Crippen MR) is 167 cm³/mol. The molecule has 0 saturated heterocycles. The Morgan fingerprint density at radius 2 is 1.81 bits per heavy atom. The van der Waals surface area contributed by atoms with Crippen LogP contribution in [0.15, 0.2) is 72.8 Å². The number of halogens is 2. The highest BCUT2D eigenvalue weighted by Gasteiger charge is 2.34. The lowest BCUT2D eigenvalue weighted by Gasteiger charge is -2.30. The summed E-state index contributed by atoms with van der Waals surface area (Å²) in [5.41, 5.74) is 5.08. The number of methoxy groups -OCH3 is 1. The van der Waals surface area contributed by atoms with E-state index < -0.39 is 0 Å². The van der Waals surface area contributed by atoms with E-state index in [2.05, 4.69) is 17.6 Å². The number of carbonyl (C=O) groups is 2. The number of urea groups is 1. The van der Waals surface area contributed by atoms with Crippen molar-refractivity contribution in [2.45, 2.75) is 26.3 Å². The van der Waals surface area contributed by atoms with Crippen LogP contribution in [0.1, 0.15) is 52.6 Å². The van der Waals surface area contributed by atoms with E-state index in [0.29, 0.717) is 40.9 Å². The van der Waals surface area contributed by atoms with Crippen LogP contribution in [0.25, 0.3) is 17.3 Å². The van der Waals surface area contributed by atoms with Gasteiger partial charge in [0.05, 0.1) is 19.3 Å². The number of hydrogen-bond acceptors (Lipinski definition) is 4. The Hall–Kier alpha value is -4.27. The molecule has 1 aromatic heterocycles. The lowest BCUT2D eigenvalue weighted by molar-refractivity contribution is -0.288. The maximum atomic E-state index is 13.8. The second kappa shape index (κ2) is 13.4. The number of amides is 3. The summed E-state index contributed by atoms with van der Waals surface area (Å²) >= 11 is 11.9. The third kappa shape index (κ3) is 6.71. The van der Waals surface area contributed by atoms with Gasteiger partial charge in [-0.05, 0) is 59.9 Å². The van der Waals surface area contributed by atoms with Gasteiger partial charge in [-0.1, -0.05) is 61.0 Å². The molecule has 2 heterocycles. The van der Waals surface area contributed by atoms with Crippen LogP contribution in [0, 0.1) is 11.6 Å². The fourth-order valence-corrected chi connectivity index (χ4v) is 5.65. The van der Waals surface area contributed by atoms with Gasteiger partial charge in [-0.25, -0.2) is 9.48 Å². The van der Waals surface area contributed by atoms with Crippen molar-refractivity contribution >= 4 is 35.2 Å². The zero-order valence-electron chi connectivity index (χ0n) is 24.3. The van der Waals surface area contributed by atoms with Gasteiger partial charge < -0.3 is 20.3 Å². The molecule has 43 heavy (non-hydrogen) atoms. The summed E-state index contributed by atoms with van der Waals surface area (Å²) in [4.78, 5) is 28.6. The minimum Gasteiger partial charge on any atom is -0.497 e. The number of nitrogens with one attached hydrogen (secondary N) is 2. The summed E-state index contributed by atoms with van der Waals surface area (Å²) in [6.07, 6.45) is 2.00. The number of nitrogens with zero attached hydrogens (tertiary/aromatic N) is 3. The van der Waals surface area contributed by atoms with Gasteiger partial charge >= 0.3 is 6.03 Å². The molecule has 0 bridgehead atoms. The standard InChI is InChI=1S/C33H33Cl2N5O3/c1-4-36-33(42)39-19-24(16-22-10-13-26(43-3)14-11-22)31-27(20-39)30(38-40(31)29-15-12-25(34)17-28(29)35)32(41)37-18-21(2)23-8-6-5-7-9-23/h5-17,21,35H,4,18-20H2,1-3H3,(H-,36,37,41,42)/p+1/b24-16+/t21-/m0/s1. The lowest BCUT2D eigenvalue weighted by Crippen LogP contribution is -2.43. The van der Waals surface area contributed by atoms with E-state index in [1.54, 1.807) is 34.9 Å². The first-order valence-electron chi connectivity index (χ1n) is 14.1. The molecule has 3 amide bonds. The second-order valence-electron chi connectivity index (χ2n) is 10.4. The summed E-state index contributed by atoms with van der Waals surface area (Å²) in [5, 5.41) is 11.8. The lowest BCUT2D eigenvalue weighted by atomic mass is 9.97. The van der Waals surface area contributed by atoms with E-state index in [9.17, 15) is 9.59 Å². The maximum Gasteiger partial charge on any atom is 0.317 e. The smallest absolute Gasteiger partial charge is 0.317 e. The molecular formula is C33H34Cl2N5O3+. The first-order valence-corrected chi connectivity index (χ1v) is 14.9. The molecule has 10 heteroatoms. The number of benzene rings is 3. The largest absolute Gasteiger partial charge is 0.497 e. The van der Waals surface area contributed by atoms with Gasteiger partial charge in [0, 0.05) is 36.3 Å². The molecule has 1 aliphatic heterocycles. The molecular weight excluding hydrogens is 585 g/mol. The van der Waals surface area contributed by atoms with Crippen LogP contribution >= 0.6 is 11.6 Å². The molecule has 1 atom stereocenters. The first-order chi connectivity index (χ1) is 20.8. The fourth-order valence-electron chi connectivity index (χ4n) is 5.13. The van der Waals surface area contributed by atoms with Gasteiger partial charge in [0.2, 0.25) is 0 Å². The molecule has 0 unspecified atom stereocenters. The van der Waals surface area contributed by atoms with E-state index in [-0.39, 0.29) is 30.1 Å². The second-order valence-corrected chi connectivity index (χ2v) is 11.2. The van der Waals surface area contributed by atoms with Crippen LogP contribution < -0.4 is 15.4 Å². The summed E-state index contributed by atoms with van der Waals surface area (Å²) in [6.45, 7) is 5.35. The number of aromatic nitrogens is 2. The van der Waals surface area contributed by atoms with E-state index in [4.69, 9.17) is 33.0 Å². The number of rotatable bonds is 8. The van der Waals surface area contributed by atoms with Gasteiger partial charge in [0.1, 0.15) is 11.4 Å². The normalized spacial score (nSPS) is 14.3. The zero-order chi connectivity index (χ0) is 30.5. The average molecular weight is 620 g/mol. The van der Waals surface area contributed by atoms with Crippen LogP contribution in [-0.4, -0.2) is 53.4 Å². The minimum atomic E-state index is -0.320. The Bertz CT molecular complexity index is 1650. The third-order valence-electron chi connectivity index (χ3n) is 7.37. The van der Waals surface area contributed by atoms with Gasteiger partial charge in [0.15, 0.2) is 17.3 Å². The zero-order valence-corrected chi connectivity index (χ0v) is 25.8. The molecule has 0 radical (unpaired) electrons. The molecule has 0 aliphatic carbocycles. The Balaban J connectivity index is 1.62. The van der Waals surface area contributed by atoms with E-state index in [1.807, 2.05) is 67.6 Å². The highest BCUT2D eigenvalue weighted by molar-refractivity contribution is 6.30. The van der Waals surface area contributed by atoms with Gasteiger partial charge in [0.25, 0.3) is 10.9 Å². The summed E-state index contributed by atoms with van der Waals surface area (Å²) in [6, 6.07) is 22.7. The Kier molecular flexibility index (Phi) is 9.38. The third-order valence-corrected chi connectivity index (χ3v) is 7.93. The molecule has 0 fully saturated rings. The van der Waals surface area contributed by atoms with Crippen molar-refractivity contribution in [3.8, 4) is 11.4 Å². The van der Waals surface area contributed by atoms with Crippen molar-refractivity contribution in [1.82, 2.24) is 25.3 Å². The molecule has 3 aromatic carbocycles. The first kappa shape index (κ1) is 30.2. The number of ether oxygens (including phenoxy) is 1. The van der Waals surface area contributed by atoms with Gasteiger partial charge in [-0.15, -0.1) is 0 Å². The van der Waals surface area contributed by atoms with Crippen molar-refractivity contribution in [3.05, 3.63) is 111 Å². The van der Waals surface area contributed by atoms with E-state index >= 15 is 0 Å².